The molecule has 0 aliphatic rings. The number of alkyl halides is 3. The van der Waals surface area contributed by atoms with Gasteiger partial charge in [0.15, 0.2) is 0 Å². The van der Waals surface area contributed by atoms with Crippen molar-refractivity contribution in [2.24, 2.45) is 0 Å². The number of nitrogens with one attached hydrogen (secondary N) is 1. The molecule has 0 fully saturated rings. The summed E-state index contributed by atoms with van der Waals surface area (Å²) in [6.45, 7) is 0. The van der Waals surface area contributed by atoms with Gasteiger partial charge in [-0.2, -0.15) is 13.2 Å². The number of pyridine rings is 2. The number of halogens is 4. The molecule has 0 bridgehead atoms. The Balaban J connectivity index is 2.28. The van der Waals surface area contributed by atoms with Crippen LogP contribution in [0.3, 0.4) is 0 Å². The van der Waals surface area contributed by atoms with E-state index in [1.165, 1.54) is 0 Å². The maximum Gasteiger partial charge on any atom is 0.418 e. The van der Waals surface area contributed by atoms with Gasteiger partial charge in [0.2, 0.25) is 0 Å². The van der Waals surface area contributed by atoms with Crippen molar-refractivity contribution in [1.29, 1.82) is 0 Å². The van der Waals surface area contributed by atoms with Gasteiger partial charge in [0.1, 0.15) is 11.6 Å². The van der Waals surface area contributed by atoms with Crippen LogP contribution in [0.25, 0.3) is 0 Å². The van der Waals surface area contributed by atoms with Gasteiger partial charge in [-0.05, 0) is 18.2 Å². The number of rotatable bonds is 2. The van der Waals surface area contributed by atoms with Crippen molar-refractivity contribution >= 4 is 11.7 Å². The van der Waals surface area contributed by atoms with Crippen LogP contribution in [0, 0.1) is 5.82 Å². The van der Waals surface area contributed by atoms with Gasteiger partial charge in [-0.3, -0.25) is 9.78 Å². The lowest BCUT2D eigenvalue weighted by atomic mass is 10.1. The van der Waals surface area contributed by atoms with Crippen LogP contribution in [-0.4, -0.2) is 15.9 Å². The predicted molar refractivity (Wildman–Crippen MR) is 61.4 cm³/mol. The first-order chi connectivity index (χ1) is 9.38. The fourth-order valence-corrected chi connectivity index (χ4v) is 1.45. The third-order valence-corrected chi connectivity index (χ3v) is 2.34. The first kappa shape index (κ1) is 13.9. The molecule has 0 unspecified atom stereocenters. The van der Waals surface area contributed by atoms with Gasteiger partial charge in [0, 0.05) is 12.4 Å². The smallest absolute Gasteiger partial charge is 0.307 e. The fraction of sp³-hybridized carbons (Fsp3) is 0.0833. The quantitative estimate of drug-likeness (QED) is 0.863. The van der Waals surface area contributed by atoms with Crippen molar-refractivity contribution < 1.29 is 22.4 Å². The van der Waals surface area contributed by atoms with Crippen molar-refractivity contribution in [3.05, 3.63) is 53.7 Å². The Morgan fingerprint density at radius 3 is 2.50 bits per heavy atom. The van der Waals surface area contributed by atoms with E-state index in [4.69, 9.17) is 0 Å². The summed E-state index contributed by atoms with van der Waals surface area (Å²) in [6, 6.07) is 3.11. The van der Waals surface area contributed by atoms with E-state index in [0.717, 1.165) is 30.6 Å². The highest BCUT2D eigenvalue weighted by atomic mass is 19.4. The maximum atomic E-state index is 12.7. The number of hydrogen-bond donors (Lipinski definition) is 1. The number of carbonyl (C=O) groups excluding carboxylic acids is 1. The van der Waals surface area contributed by atoms with Crippen molar-refractivity contribution in [1.82, 2.24) is 9.97 Å². The zero-order valence-electron chi connectivity index (χ0n) is 9.78. The lowest BCUT2D eigenvalue weighted by Crippen LogP contribution is -2.19. The van der Waals surface area contributed by atoms with Crippen LogP contribution in [0.1, 0.15) is 15.9 Å². The topological polar surface area (TPSA) is 54.9 Å². The normalized spacial score (nSPS) is 11.2. The molecule has 0 saturated carbocycles. The van der Waals surface area contributed by atoms with Gasteiger partial charge in [-0.1, -0.05) is 0 Å². The number of carbonyl (C=O) groups is 1. The Morgan fingerprint density at radius 1 is 1.15 bits per heavy atom. The molecule has 20 heavy (non-hydrogen) atoms. The number of amides is 1. The Hall–Kier alpha value is -2.51. The van der Waals surface area contributed by atoms with Gasteiger partial charge in [0.05, 0.1) is 17.3 Å². The molecule has 1 amide bonds. The minimum Gasteiger partial charge on any atom is -0.307 e. The first-order valence-electron chi connectivity index (χ1n) is 5.32. The lowest BCUT2D eigenvalue weighted by molar-refractivity contribution is -0.138. The molecule has 2 rings (SSSR count). The molecule has 0 spiro atoms. The second-order valence-electron chi connectivity index (χ2n) is 3.73. The lowest BCUT2D eigenvalue weighted by Gasteiger charge is -2.11. The van der Waals surface area contributed by atoms with Crippen LogP contribution in [0.4, 0.5) is 23.4 Å². The summed E-state index contributed by atoms with van der Waals surface area (Å²) in [6.07, 6.45) is -2.22. The summed E-state index contributed by atoms with van der Waals surface area (Å²) in [5, 5.41) is 2.15. The number of nitrogens with zero attached hydrogens (tertiary/aromatic N) is 2. The highest BCUT2D eigenvalue weighted by molar-refractivity contribution is 6.04. The van der Waals surface area contributed by atoms with Gasteiger partial charge >= 0.3 is 6.18 Å². The highest BCUT2D eigenvalue weighted by Crippen LogP contribution is 2.31. The Morgan fingerprint density at radius 2 is 1.90 bits per heavy atom. The maximum absolute atomic E-state index is 12.7. The molecule has 0 radical (unpaired) electrons. The summed E-state index contributed by atoms with van der Waals surface area (Å²) in [7, 11) is 0. The zero-order chi connectivity index (χ0) is 14.8. The van der Waals surface area contributed by atoms with Gasteiger partial charge < -0.3 is 5.32 Å². The van der Waals surface area contributed by atoms with E-state index in [1.54, 1.807) is 0 Å². The molecule has 8 heteroatoms. The molecular weight excluding hydrogens is 278 g/mol. The van der Waals surface area contributed by atoms with Crippen LogP contribution in [-0.2, 0) is 6.18 Å². The standard InChI is InChI=1S/C12H7F4N3O/c13-7-1-2-10(18-5-7)19-11(20)8-3-4-17-6-9(8)12(14,15)16/h1-6H,(H,18,19,20). The van der Waals surface area contributed by atoms with Crippen LogP contribution < -0.4 is 5.32 Å². The van der Waals surface area contributed by atoms with Gasteiger partial charge in [0.25, 0.3) is 5.91 Å². The van der Waals surface area contributed by atoms with E-state index in [9.17, 15) is 22.4 Å². The van der Waals surface area contributed by atoms with Crippen molar-refractivity contribution in [2.75, 3.05) is 5.32 Å². The molecule has 4 nitrogen and oxygen atoms in total. The monoisotopic (exact) mass is 285 g/mol. The Bertz CT molecular complexity index is 625. The van der Waals surface area contributed by atoms with Crippen LogP contribution in [0.2, 0.25) is 0 Å². The molecule has 2 aromatic rings. The summed E-state index contributed by atoms with van der Waals surface area (Å²) in [5.74, 6) is -1.68. The second kappa shape index (κ2) is 5.24. The first-order valence-corrected chi connectivity index (χ1v) is 5.32. The third kappa shape index (κ3) is 3.08. The van der Waals surface area contributed by atoms with E-state index >= 15 is 0 Å². The number of hydrogen-bond acceptors (Lipinski definition) is 3. The van der Waals surface area contributed by atoms with Crippen LogP contribution in [0.15, 0.2) is 36.8 Å². The highest BCUT2D eigenvalue weighted by Gasteiger charge is 2.35. The minimum absolute atomic E-state index is 0.0543. The summed E-state index contributed by atoms with van der Waals surface area (Å²) in [5.41, 5.74) is -1.74. The molecule has 0 saturated heterocycles. The Labute approximate surface area is 110 Å². The van der Waals surface area contributed by atoms with E-state index in [2.05, 4.69) is 15.3 Å². The second-order valence-corrected chi connectivity index (χ2v) is 3.73. The molecule has 2 heterocycles. The summed E-state index contributed by atoms with van der Waals surface area (Å²) < 4.78 is 50.8. The van der Waals surface area contributed by atoms with Crippen LogP contribution in [0.5, 0.6) is 0 Å². The molecule has 104 valence electrons. The predicted octanol–water partition coefficient (Wildman–Crippen LogP) is 2.89. The molecule has 0 aromatic carbocycles. The van der Waals surface area contributed by atoms with Crippen LogP contribution >= 0.6 is 0 Å². The molecule has 1 N–H and O–H groups in total. The molecule has 0 atom stereocenters. The molecular formula is C12H7F4N3O. The average Bonchev–Trinajstić information content (AvgIpc) is 2.40. The zero-order valence-corrected chi connectivity index (χ0v) is 9.78. The van der Waals surface area contributed by atoms with Crippen molar-refractivity contribution in [3.8, 4) is 0 Å². The average molecular weight is 285 g/mol. The molecule has 0 aliphatic heterocycles. The SMILES string of the molecule is O=C(Nc1ccc(F)cn1)c1ccncc1C(F)(F)F. The number of aromatic nitrogens is 2. The van der Waals surface area contributed by atoms with E-state index < -0.39 is 29.0 Å². The van der Waals surface area contributed by atoms with Gasteiger partial charge in [-0.25, -0.2) is 9.37 Å². The number of anilines is 1. The molecule has 0 aliphatic carbocycles. The largest absolute Gasteiger partial charge is 0.418 e. The van der Waals surface area contributed by atoms with E-state index in [-0.39, 0.29) is 5.82 Å². The Kier molecular flexibility index (Phi) is 3.64. The fourth-order valence-electron chi connectivity index (χ4n) is 1.45. The van der Waals surface area contributed by atoms with Crippen molar-refractivity contribution in [3.63, 3.8) is 0 Å². The van der Waals surface area contributed by atoms with E-state index in [1.807, 2.05) is 0 Å². The third-order valence-electron chi connectivity index (χ3n) is 2.34. The molecule has 2 aromatic heterocycles. The van der Waals surface area contributed by atoms with Crippen molar-refractivity contribution in [2.45, 2.75) is 6.18 Å². The summed E-state index contributed by atoms with van der Waals surface area (Å²) in [4.78, 5) is 18.7. The van der Waals surface area contributed by atoms with Gasteiger partial charge in [-0.15, -0.1) is 0 Å². The summed E-state index contributed by atoms with van der Waals surface area (Å²) >= 11 is 0. The van der Waals surface area contributed by atoms with E-state index in [0.29, 0.717) is 6.20 Å². The minimum atomic E-state index is -4.70.